The van der Waals surface area contributed by atoms with Crippen LogP contribution in [-0.2, 0) is 9.59 Å². The molecule has 1 heterocycles. The quantitative estimate of drug-likeness (QED) is 0.834. The lowest BCUT2D eigenvalue weighted by Crippen LogP contribution is -2.40. The van der Waals surface area contributed by atoms with Gasteiger partial charge in [-0.15, -0.1) is 0 Å². The molecule has 1 unspecified atom stereocenters. The van der Waals surface area contributed by atoms with E-state index in [1.165, 1.54) is 37.0 Å². The Balaban J connectivity index is 1.72. The lowest BCUT2D eigenvalue weighted by Gasteiger charge is -2.30. The van der Waals surface area contributed by atoms with E-state index < -0.39 is 0 Å². The van der Waals surface area contributed by atoms with Crippen molar-refractivity contribution < 1.29 is 14.4 Å². The minimum atomic E-state index is -0.198. The molecule has 0 radical (unpaired) electrons. The van der Waals surface area contributed by atoms with Crippen LogP contribution in [0.2, 0.25) is 0 Å². The van der Waals surface area contributed by atoms with Gasteiger partial charge in [0.25, 0.3) is 5.91 Å². The summed E-state index contributed by atoms with van der Waals surface area (Å²) in [5.41, 5.74) is 0.991. The number of hydrogen-bond acceptors (Lipinski definition) is 3. The predicted molar refractivity (Wildman–Crippen MR) is 96.3 cm³/mol. The highest BCUT2D eigenvalue weighted by atomic mass is 16.2. The summed E-state index contributed by atoms with van der Waals surface area (Å²) >= 11 is 0. The molecule has 1 saturated carbocycles. The Morgan fingerprint density at radius 3 is 2.48 bits per heavy atom. The van der Waals surface area contributed by atoms with E-state index in [1.807, 2.05) is 0 Å². The minimum Gasteiger partial charge on any atom is -0.349 e. The van der Waals surface area contributed by atoms with Crippen molar-refractivity contribution in [3.05, 3.63) is 29.8 Å². The molecule has 0 bridgehead atoms. The number of carbonyl (C=O) groups excluding carboxylic acids is 3. The van der Waals surface area contributed by atoms with Crippen LogP contribution in [-0.4, -0.2) is 23.8 Å². The van der Waals surface area contributed by atoms with Crippen molar-refractivity contribution >= 4 is 23.4 Å². The third-order valence-electron chi connectivity index (χ3n) is 5.39. The van der Waals surface area contributed by atoms with Gasteiger partial charge in [-0.2, -0.15) is 0 Å². The normalized spacial score (nSPS) is 20.0. The summed E-state index contributed by atoms with van der Waals surface area (Å²) in [4.78, 5) is 37.7. The Kier molecular flexibility index (Phi) is 5.51. The van der Waals surface area contributed by atoms with E-state index in [1.54, 1.807) is 24.3 Å². The van der Waals surface area contributed by atoms with Crippen molar-refractivity contribution in [1.82, 2.24) is 5.32 Å². The fourth-order valence-corrected chi connectivity index (χ4v) is 3.99. The maximum Gasteiger partial charge on any atom is 0.251 e. The molecule has 25 heavy (non-hydrogen) atoms. The molecule has 3 rings (SSSR count). The van der Waals surface area contributed by atoms with Crippen LogP contribution in [0.4, 0.5) is 5.69 Å². The number of nitrogens with one attached hydrogen (secondary N) is 1. The number of rotatable bonds is 5. The van der Waals surface area contributed by atoms with Crippen LogP contribution in [0.25, 0.3) is 0 Å². The van der Waals surface area contributed by atoms with Gasteiger partial charge in [0.2, 0.25) is 11.8 Å². The number of imide groups is 1. The van der Waals surface area contributed by atoms with Gasteiger partial charge in [0.05, 0.1) is 5.69 Å². The summed E-state index contributed by atoms with van der Waals surface area (Å²) in [6, 6.07) is 6.99. The summed E-state index contributed by atoms with van der Waals surface area (Å²) < 4.78 is 0. The van der Waals surface area contributed by atoms with Crippen molar-refractivity contribution in [3.63, 3.8) is 0 Å². The lowest BCUT2D eigenvalue weighted by molar-refractivity contribution is -0.121. The molecule has 5 nitrogen and oxygen atoms in total. The Morgan fingerprint density at radius 1 is 1.16 bits per heavy atom. The molecule has 1 aromatic carbocycles. The van der Waals surface area contributed by atoms with Crippen LogP contribution in [0.1, 0.15) is 68.6 Å². The molecule has 1 aliphatic carbocycles. The van der Waals surface area contributed by atoms with Gasteiger partial charge >= 0.3 is 0 Å². The van der Waals surface area contributed by atoms with Gasteiger partial charge in [-0.05, 0) is 43.4 Å². The fraction of sp³-hybridized carbons (Fsp3) is 0.550. The van der Waals surface area contributed by atoms with Crippen LogP contribution in [0.15, 0.2) is 24.3 Å². The third-order valence-corrected chi connectivity index (χ3v) is 5.39. The van der Waals surface area contributed by atoms with E-state index in [0.29, 0.717) is 17.2 Å². The molecule has 0 aromatic heterocycles. The molecule has 2 aliphatic rings. The molecule has 1 aliphatic heterocycles. The molecule has 2 fully saturated rings. The highest BCUT2D eigenvalue weighted by molar-refractivity contribution is 6.20. The molecule has 0 spiro atoms. The van der Waals surface area contributed by atoms with Crippen LogP contribution in [0.5, 0.6) is 0 Å². The summed E-state index contributed by atoms with van der Waals surface area (Å²) in [5, 5.41) is 3.17. The van der Waals surface area contributed by atoms with Crippen LogP contribution < -0.4 is 10.2 Å². The summed E-state index contributed by atoms with van der Waals surface area (Å²) in [6.07, 6.45) is 7.53. The van der Waals surface area contributed by atoms with Gasteiger partial charge in [0, 0.05) is 24.4 Å². The molecule has 3 amide bonds. The standard InChI is InChI=1S/C20H26N2O3/c1-2-17(14-7-4-3-5-8-14)21-20(25)15-9-6-10-16(13-15)22-18(23)11-12-19(22)24/h6,9-10,13-14,17H,2-5,7-8,11-12H2,1H3,(H,21,25). The first-order chi connectivity index (χ1) is 12.1. The Hall–Kier alpha value is -2.17. The van der Waals surface area contributed by atoms with E-state index in [4.69, 9.17) is 0 Å². The van der Waals surface area contributed by atoms with Crippen molar-refractivity contribution in [2.75, 3.05) is 4.90 Å². The molecule has 1 atom stereocenters. The lowest BCUT2D eigenvalue weighted by atomic mass is 9.83. The van der Waals surface area contributed by atoms with Crippen LogP contribution in [0, 0.1) is 5.92 Å². The maximum atomic E-state index is 12.7. The first-order valence-electron chi connectivity index (χ1n) is 9.37. The Bertz CT molecular complexity index is 649. The molecule has 1 N–H and O–H groups in total. The van der Waals surface area contributed by atoms with Crippen LogP contribution in [0.3, 0.4) is 0 Å². The number of anilines is 1. The Morgan fingerprint density at radius 2 is 1.84 bits per heavy atom. The van der Waals surface area contributed by atoms with E-state index in [-0.39, 0.29) is 36.6 Å². The highest BCUT2D eigenvalue weighted by Crippen LogP contribution is 2.28. The highest BCUT2D eigenvalue weighted by Gasteiger charge is 2.31. The van der Waals surface area contributed by atoms with Gasteiger partial charge in [-0.1, -0.05) is 32.3 Å². The Labute approximate surface area is 148 Å². The SMILES string of the molecule is CCC(NC(=O)c1cccc(N2C(=O)CCC2=O)c1)C1CCCCC1. The predicted octanol–water partition coefficient (Wildman–Crippen LogP) is 3.43. The molecule has 1 saturated heterocycles. The number of amides is 3. The van der Waals surface area contributed by atoms with Crippen molar-refractivity contribution in [2.45, 2.75) is 64.3 Å². The smallest absolute Gasteiger partial charge is 0.251 e. The summed E-state index contributed by atoms with van der Waals surface area (Å²) in [6.45, 7) is 2.11. The first-order valence-corrected chi connectivity index (χ1v) is 9.37. The van der Waals surface area contributed by atoms with Crippen molar-refractivity contribution in [2.24, 2.45) is 5.92 Å². The molecule has 5 heteroatoms. The average Bonchev–Trinajstić information content (AvgIpc) is 2.98. The average molecular weight is 342 g/mol. The number of nitrogens with zero attached hydrogens (tertiary/aromatic N) is 1. The topological polar surface area (TPSA) is 66.5 Å². The third kappa shape index (κ3) is 3.91. The minimum absolute atomic E-state index is 0.127. The van der Waals surface area contributed by atoms with Gasteiger partial charge in [0.15, 0.2) is 0 Å². The number of hydrogen-bond donors (Lipinski definition) is 1. The van der Waals surface area contributed by atoms with Gasteiger partial charge < -0.3 is 5.32 Å². The monoisotopic (exact) mass is 342 g/mol. The maximum absolute atomic E-state index is 12.7. The van der Waals surface area contributed by atoms with E-state index >= 15 is 0 Å². The van der Waals surface area contributed by atoms with Gasteiger partial charge in [-0.25, -0.2) is 0 Å². The van der Waals surface area contributed by atoms with E-state index in [0.717, 1.165) is 6.42 Å². The van der Waals surface area contributed by atoms with Gasteiger partial charge in [0.1, 0.15) is 0 Å². The van der Waals surface area contributed by atoms with E-state index in [9.17, 15) is 14.4 Å². The molecular weight excluding hydrogens is 316 g/mol. The second kappa shape index (κ2) is 7.81. The van der Waals surface area contributed by atoms with Crippen LogP contribution >= 0.6 is 0 Å². The second-order valence-electron chi connectivity index (χ2n) is 7.06. The zero-order chi connectivity index (χ0) is 17.8. The molecule has 134 valence electrons. The molecule has 1 aromatic rings. The van der Waals surface area contributed by atoms with E-state index in [2.05, 4.69) is 12.2 Å². The van der Waals surface area contributed by atoms with Gasteiger partial charge in [-0.3, -0.25) is 19.3 Å². The zero-order valence-corrected chi connectivity index (χ0v) is 14.8. The number of benzene rings is 1. The molecular formula is C20H26N2O3. The van der Waals surface area contributed by atoms with Crippen molar-refractivity contribution in [3.8, 4) is 0 Å². The zero-order valence-electron chi connectivity index (χ0n) is 14.8. The first kappa shape index (κ1) is 17.6. The second-order valence-corrected chi connectivity index (χ2v) is 7.06. The van der Waals surface area contributed by atoms with Crippen molar-refractivity contribution in [1.29, 1.82) is 0 Å². The fourth-order valence-electron chi connectivity index (χ4n) is 3.99. The largest absolute Gasteiger partial charge is 0.349 e. The summed E-state index contributed by atoms with van der Waals surface area (Å²) in [5.74, 6) is 0.0263. The summed E-state index contributed by atoms with van der Waals surface area (Å²) in [7, 11) is 0. The number of carbonyl (C=O) groups is 3.